The van der Waals surface area contributed by atoms with Gasteiger partial charge in [0.25, 0.3) is 0 Å². The first-order valence-corrected chi connectivity index (χ1v) is 4.58. The standard InChI is InChI=1S/C10H11NO4/c11-2-1-7(12)6-3-9-10(4-8(6)13)15-5-14-9/h3-4,13H,1-2,5,11H2. The van der Waals surface area contributed by atoms with Gasteiger partial charge in [-0.2, -0.15) is 0 Å². The van der Waals surface area contributed by atoms with Crippen LogP contribution in [0.15, 0.2) is 12.1 Å². The van der Waals surface area contributed by atoms with E-state index in [2.05, 4.69) is 0 Å². The predicted octanol–water partition coefficient (Wildman–Crippen LogP) is 0.652. The highest BCUT2D eigenvalue weighted by Crippen LogP contribution is 2.37. The van der Waals surface area contributed by atoms with E-state index >= 15 is 0 Å². The number of benzene rings is 1. The molecular weight excluding hydrogens is 198 g/mol. The molecule has 0 bridgehead atoms. The van der Waals surface area contributed by atoms with Gasteiger partial charge >= 0.3 is 0 Å². The summed E-state index contributed by atoms with van der Waals surface area (Å²) in [7, 11) is 0. The van der Waals surface area contributed by atoms with Crippen LogP contribution in [-0.4, -0.2) is 24.2 Å². The summed E-state index contributed by atoms with van der Waals surface area (Å²) in [5.41, 5.74) is 5.50. The molecule has 0 radical (unpaired) electrons. The molecule has 0 amide bonds. The molecule has 1 aliphatic rings. The van der Waals surface area contributed by atoms with Gasteiger partial charge in [0.1, 0.15) is 5.75 Å². The van der Waals surface area contributed by atoms with Crippen molar-refractivity contribution >= 4 is 5.78 Å². The van der Waals surface area contributed by atoms with E-state index in [9.17, 15) is 9.90 Å². The van der Waals surface area contributed by atoms with Crippen molar-refractivity contribution < 1.29 is 19.4 Å². The maximum Gasteiger partial charge on any atom is 0.231 e. The fraction of sp³-hybridized carbons (Fsp3) is 0.300. The molecule has 1 aliphatic heterocycles. The van der Waals surface area contributed by atoms with Crippen LogP contribution in [0.5, 0.6) is 17.2 Å². The van der Waals surface area contributed by atoms with Crippen LogP contribution in [0.2, 0.25) is 0 Å². The Morgan fingerprint density at radius 2 is 2.07 bits per heavy atom. The molecule has 1 aromatic rings. The maximum absolute atomic E-state index is 11.5. The Morgan fingerprint density at radius 3 is 2.73 bits per heavy atom. The highest BCUT2D eigenvalue weighted by atomic mass is 16.7. The number of phenols is 1. The zero-order chi connectivity index (χ0) is 10.8. The van der Waals surface area contributed by atoms with E-state index in [1.54, 1.807) is 0 Å². The van der Waals surface area contributed by atoms with Gasteiger partial charge in [0, 0.05) is 12.5 Å². The summed E-state index contributed by atoms with van der Waals surface area (Å²) in [6.45, 7) is 0.371. The molecule has 5 nitrogen and oxygen atoms in total. The van der Waals surface area contributed by atoms with Gasteiger partial charge in [0.05, 0.1) is 5.56 Å². The first kappa shape index (κ1) is 9.79. The summed E-state index contributed by atoms with van der Waals surface area (Å²) in [5, 5.41) is 9.57. The Kier molecular flexibility index (Phi) is 2.47. The third-order valence-electron chi connectivity index (χ3n) is 2.16. The summed E-state index contributed by atoms with van der Waals surface area (Å²) in [6.07, 6.45) is 0.202. The van der Waals surface area contributed by atoms with Crippen LogP contribution < -0.4 is 15.2 Å². The number of rotatable bonds is 3. The summed E-state index contributed by atoms with van der Waals surface area (Å²) >= 11 is 0. The minimum absolute atomic E-state index is 0.0994. The van der Waals surface area contributed by atoms with E-state index in [-0.39, 0.29) is 36.9 Å². The smallest absolute Gasteiger partial charge is 0.231 e. The number of nitrogens with two attached hydrogens (primary N) is 1. The molecule has 1 heterocycles. The Labute approximate surface area is 86.4 Å². The lowest BCUT2D eigenvalue weighted by molar-refractivity contribution is 0.0982. The molecule has 15 heavy (non-hydrogen) atoms. The molecule has 2 rings (SSSR count). The average Bonchev–Trinajstić information content (AvgIpc) is 2.63. The number of hydrogen-bond acceptors (Lipinski definition) is 5. The molecule has 0 aromatic heterocycles. The molecule has 0 aliphatic carbocycles. The van der Waals surface area contributed by atoms with Crippen molar-refractivity contribution in [2.45, 2.75) is 6.42 Å². The van der Waals surface area contributed by atoms with Gasteiger partial charge in [-0.25, -0.2) is 0 Å². The molecule has 80 valence electrons. The Bertz CT molecular complexity index is 403. The van der Waals surface area contributed by atoms with E-state index in [1.165, 1.54) is 12.1 Å². The number of fused-ring (bicyclic) bond motifs is 1. The van der Waals surface area contributed by atoms with E-state index in [4.69, 9.17) is 15.2 Å². The van der Waals surface area contributed by atoms with E-state index in [1.807, 2.05) is 0 Å². The van der Waals surface area contributed by atoms with E-state index < -0.39 is 0 Å². The van der Waals surface area contributed by atoms with Crippen molar-refractivity contribution in [2.75, 3.05) is 13.3 Å². The number of phenolic OH excluding ortho intramolecular Hbond substituents is 1. The molecule has 5 heteroatoms. The Morgan fingerprint density at radius 1 is 1.40 bits per heavy atom. The number of hydrogen-bond donors (Lipinski definition) is 2. The molecular formula is C10H11NO4. The first-order valence-electron chi connectivity index (χ1n) is 4.58. The molecule has 0 unspecified atom stereocenters. The maximum atomic E-state index is 11.5. The van der Waals surface area contributed by atoms with Gasteiger partial charge in [-0.3, -0.25) is 4.79 Å². The Balaban J connectivity index is 2.36. The highest BCUT2D eigenvalue weighted by molar-refractivity contribution is 5.99. The average molecular weight is 209 g/mol. The van der Waals surface area contributed by atoms with E-state index in [0.29, 0.717) is 11.5 Å². The third kappa shape index (κ3) is 1.73. The number of Topliss-reactive ketones (excluding diaryl/α,β-unsaturated/α-hetero) is 1. The van der Waals surface area contributed by atoms with Gasteiger partial charge in [0.2, 0.25) is 6.79 Å². The molecule has 0 fully saturated rings. The minimum Gasteiger partial charge on any atom is -0.507 e. The first-order chi connectivity index (χ1) is 7.22. The van der Waals surface area contributed by atoms with Gasteiger partial charge in [-0.15, -0.1) is 0 Å². The number of ketones is 1. The third-order valence-corrected chi connectivity index (χ3v) is 2.16. The predicted molar refractivity (Wildman–Crippen MR) is 52.2 cm³/mol. The van der Waals surface area contributed by atoms with Crippen molar-refractivity contribution in [3.05, 3.63) is 17.7 Å². The second-order valence-corrected chi connectivity index (χ2v) is 3.18. The van der Waals surface area contributed by atoms with Crippen LogP contribution in [0.4, 0.5) is 0 Å². The molecule has 0 saturated carbocycles. The fourth-order valence-electron chi connectivity index (χ4n) is 1.42. The molecule has 1 aromatic carbocycles. The number of carbonyl (C=O) groups is 1. The SMILES string of the molecule is NCCC(=O)c1cc2c(cc1O)OCO2. The van der Waals surface area contributed by atoms with Gasteiger partial charge in [-0.1, -0.05) is 0 Å². The largest absolute Gasteiger partial charge is 0.507 e. The normalized spacial score (nSPS) is 12.9. The van der Waals surface area contributed by atoms with Gasteiger partial charge in [0.15, 0.2) is 17.3 Å². The van der Waals surface area contributed by atoms with Crippen LogP contribution >= 0.6 is 0 Å². The summed E-state index contributed by atoms with van der Waals surface area (Å²) < 4.78 is 10.2. The molecule has 0 saturated heterocycles. The van der Waals surface area contributed by atoms with Crippen LogP contribution in [-0.2, 0) is 0 Å². The van der Waals surface area contributed by atoms with Crippen LogP contribution in [0.25, 0.3) is 0 Å². The van der Waals surface area contributed by atoms with Crippen LogP contribution in [0, 0.1) is 0 Å². The number of ether oxygens (including phenoxy) is 2. The van der Waals surface area contributed by atoms with Crippen LogP contribution in [0.1, 0.15) is 16.8 Å². The molecule has 0 spiro atoms. The zero-order valence-electron chi connectivity index (χ0n) is 8.03. The van der Waals surface area contributed by atoms with Crippen LogP contribution in [0.3, 0.4) is 0 Å². The summed E-state index contributed by atoms with van der Waals surface area (Å²) in [4.78, 5) is 11.5. The van der Waals surface area contributed by atoms with Crippen molar-refractivity contribution in [3.63, 3.8) is 0 Å². The number of aromatic hydroxyl groups is 1. The monoisotopic (exact) mass is 209 g/mol. The highest BCUT2D eigenvalue weighted by Gasteiger charge is 2.19. The zero-order valence-corrected chi connectivity index (χ0v) is 8.03. The van der Waals surface area contributed by atoms with Crippen molar-refractivity contribution in [1.29, 1.82) is 0 Å². The summed E-state index contributed by atoms with van der Waals surface area (Å²) in [5.74, 6) is 0.635. The quantitative estimate of drug-likeness (QED) is 0.714. The number of carbonyl (C=O) groups excluding carboxylic acids is 1. The lowest BCUT2D eigenvalue weighted by Crippen LogP contribution is -2.08. The fourth-order valence-corrected chi connectivity index (χ4v) is 1.42. The van der Waals surface area contributed by atoms with Crippen molar-refractivity contribution in [3.8, 4) is 17.2 Å². The van der Waals surface area contributed by atoms with Gasteiger partial charge < -0.3 is 20.3 Å². The molecule has 0 atom stereocenters. The summed E-state index contributed by atoms with van der Waals surface area (Å²) in [6, 6.07) is 2.86. The van der Waals surface area contributed by atoms with E-state index in [0.717, 1.165) is 0 Å². The molecule has 3 N–H and O–H groups in total. The Hall–Kier alpha value is -1.75. The van der Waals surface area contributed by atoms with Crippen molar-refractivity contribution in [2.24, 2.45) is 5.73 Å². The van der Waals surface area contributed by atoms with Gasteiger partial charge in [-0.05, 0) is 12.6 Å². The lowest BCUT2D eigenvalue weighted by Gasteiger charge is -2.04. The second-order valence-electron chi connectivity index (χ2n) is 3.18. The second kappa shape index (κ2) is 3.78. The van der Waals surface area contributed by atoms with Crippen molar-refractivity contribution in [1.82, 2.24) is 0 Å². The topological polar surface area (TPSA) is 81.8 Å². The minimum atomic E-state index is -0.201. The lowest BCUT2D eigenvalue weighted by atomic mass is 10.1.